The van der Waals surface area contributed by atoms with E-state index in [4.69, 9.17) is 9.57 Å². The molecule has 11 heteroatoms. The molecule has 3 rings (SSSR count). The lowest BCUT2D eigenvalue weighted by atomic mass is 10.2. The molecule has 0 spiro atoms. The number of para-hydroxylation sites is 1. The molecule has 0 radical (unpaired) electrons. The summed E-state index contributed by atoms with van der Waals surface area (Å²) in [5.74, 6) is 0.296. The van der Waals surface area contributed by atoms with Gasteiger partial charge in [-0.15, -0.1) is 5.10 Å². The quantitative estimate of drug-likeness (QED) is 0.559. The fourth-order valence-corrected chi connectivity index (χ4v) is 3.62. The van der Waals surface area contributed by atoms with E-state index >= 15 is 0 Å². The molecule has 0 aliphatic carbocycles. The highest BCUT2D eigenvalue weighted by Crippen LogP contribution is 2.19. The van der Waals surface area contributed by atoms with Crippen LogP contribution >= 0.6 is 0 Å². The zero-order chi connectivity index (χ0) is 21.9. The highest BCUT2D eigenvalue weighted by Gasteiger charge is 2.21. The van der Waals surface area contributed by atoms with Crippen LogP contribution in [-0.4, -0.2) is 61.1 Å². The highest BCUT2D eigenvalue weighted by atomic mass is 32.2. The monoisotopic (exact) mass is 433 g/mol. The fourth-order valence-electron chi connectivity index (χ4n) is 2.70. The minimum Gasteiger partial charge on any atom is -0.496 e. The predicted octanol–water partition coefficient (Wildman–Crippen LogP) is 0.824. The van der Waals surface area contributed by atoms with Crippen LogP contribution in [0.1, 0.15) is 12.5 Å². The van der Waals surface area contributed by atoms with Gasteiger partial charge in [0.05, 0.1) is 12.0 Å². The number of carbonyl (C=O) groups excluding carboxylic acids is 1. The molecular weight excluding hydrogens is 410 g/mol. The molecule has 1 atom stereocenters. The largest absolute Gasteiger partial charge is 0.496 e. The lowest BCUT2D eigenvalue weighted by Crippen LogP contribution is -2.39. The third kappa shape index (κ3) is 4.36. The molecule has 0 fully saturated rings. The maximum absolute atomic E-state index is 12.5. The lowest BCUT2D eigenvalue weighted by Gasteiger charge is -2.15. The second kappa shape index (κ2) is 8.67. The van der Waals surface area contributed by atoms with Crippen LogP contribution in [0.5, 0.6) is 5.75 Å². The minimum atomic E-state index is -3.64. The first kappa shape index (κ1) is 21.5. The number of sulfonamides is 1. The number of amides is 1. The molecular formula is C19H23N5O5S. The number of fused-ring (bicyclic) bond motifs is 1. The number of benzene rings is 2. The normalized spacial score (nSPS) is 12.7. The second-order valence-electron chi connectivity index (χ2n) is 6.68. The van der Waals surface area contributed by atoms with Crippen LogP contribution < -0.4 is 14.9 Å². The fraction of sp³-hybridized carbons (Fsp3) is 0.316. The molecule has 30 heavy (non-hydrogen) atoms. The Balaban J connectivity index is 1.74. The highest BCUT2D eigenvalue weighted by molar-refractivity contribution is 7.89. The Morgan fingerprint density at radius 2 is 1.97 bits per heavy atom. The number of hydrogen-bond donors (Lipinski definition) is 1. The van der Waals surface area contributed by atoms with Crippen molar-refractivity contribution in [2.75, 3.05) is 21.2 Å². The molecule has 0 saturated heterocycles. The van der Waals surface area contributed by atoms with Gasteiger partial charge in [0, 0.05) is 26.2 Å². The van der Waals surface area contributed by atoms with E-state index in [0.29, 0.717) is 16.8 Å². The van der Waals surface area contributed by atoms with Crippen molar-refractivity contribution in [2.45, 2.75) is 24.5 Å². The third-order valence-electron chi connectivity index (χ3n) is 4.44. The van der Waals surface area contributed by atoms with Gasteiger partial charge in [0.2, 0.25) is 16.1 Å². The van der Waals surface area contributed by atoms with Gasteiger partial charge >= 0.3 is 0 Å². The van der Waals surface area contributed by atoms with Crippen molar-refractivity contribution in [1.29, 1.82) is 0 Å². The molecule has 1 N–H and O–H groups in total. The molecule has 2 aromatic carbocycles. The first-order valence-electron chi connectivity index (χ1n) is 9.08. The number of ether oxygens (including phenoxy) is 1. The number of rotatable bonds is 8. The minimum absolute atomic E-state index is 0.0698. The van der Waals surface area contributed by atoms with Gasteiger partial charge in [-0.3, -0.25) is 4.79 Å². The van der Waals surface area contributed by atoms with Gasteiger partial charge in [-0.1, -0.05) is 23.0 Å². The topological polar surface area (TPSA) is 116 Å². The molecule has 1 heterocycles. The Labute approximate surface area is 174 Å². The summed E-state index contributed by atoms with van der Waals surface area (Å²) in [5, 5.41) is 10.6. The average molecular weight is 433 g/mol. The molecule has 160 valence electrons. The Kier molecular flexibility index (Phi) is 6.22. The lowest BCUT2D eigenvalue weighted by molar-refractivity contribution is -0.133. The predicted molar refractivity (Wildman–Crippen MR) is 109 cm³/mol. The van der Waals surface area contributed by atoms with Crippen molar-refractivity contribution < 1.29 is 22.8 Å². The van der Waals surface area contributed by atoms with Gasteiger partial charge in [-0.25, -0.2) is 12.7 Å². The molecule has 0 aliphatic heterocycles. The van der Waals surface area contributed by atoms with E-state index in [0.717, 1.165) is 14.7 Å². The summed E-state index contributed by atoms with van der Waals surface area (Å²) >= 11 is 0. The van der Waals surface area contributed by atoms with E-state index in [1.54, 1.807) is 14.0 Å². The summed E-state index contributed by atoms with van der Waals surface area (Å²) in [4.78, 5) is 19.2. The Morgan fingerprint density at radius 1 is 1.23 bits per heavy atom. The van der Waals surface area contributed by atoms with Gasteiger partial charge in [0.25, 0.3) is 5.91 Å². The number of carbonyl (C=O) groups is 1. The van der Waals surface area contributed by atoms with Gasteiger partial charge in [0.15, 0.2) is 0 Å². The van der Waals surface area contributed by atoms with Crippen molar-refractivity contribution in [3.05, 3.63) is 48.0 Å². The number of methoxy groups -OCH3 is 1. The van der Waals surface area contributed by atoms with Crippen molar-refractivity contribution in [3.8, 4) is 5.75 Å². The van der Waals surface area contributed by atoms with Crippen LogP contribution in [0.2, 0.25) is 0 Å². The number of aromatic nitrogens is 3. The molecule has 3 aromatic rings. The zero-order valence-electron chi connectivity index (χ0n) is 17.1. The summed E-state index contributed by atoms with van der Waals surface area (Å²) < 4.78 is 31.1. The van der Waals surface area contributed by atoms with Crippen molar-refractivity contribution >= 4 is 27.0 Å². The van der Waals surface area contributed by atoms with E-state index in [9.17, 15) is 13.2 Å². The number of nitrogens with one attached hydrogen (secondary N) is 1. The third-order valence-corrected chi connectivity index (χ3v) is 6.25. The number of hydrogen-bond acceptors (Lipinski definition) is 7. The Hall–Kier alpha value is -3.18. The average Bonchev–Trinajstić information content (AvgIpc) is 3.13. The zero-order valence-corrected chi connectivity index (χ0v) is 17.9. The van der Waals surface area contributed by atoms with Gasteiger partial charge in [-0.2, -0.15) is 0 Å². The van der Waals surface area contributed by atoms with E-state index < -0.39 is 16.1 Å². The molecule has 0 saturated carbocycles. The molecule has 0 bridgehead atoms. The molecule has 10 nitrogen and oxygen atoms in total. The van der Waals surface area contributed by atoms with Gasteiger partial charge in [0.1, 0.15) is 16.8 Å². The Bertz CT molecular complexity index is 1160. The van der Waals surface area contributed by atoms with Gasteiger partial charge in [-0.05, 0) is 36.4 Å². The van der Waals surface area contributed by atoms with Crippen LogP contribution in [0.25, 0.3) is 11.0 Å². The smallest absolute Gasteiger partial charge is 0.263 e. The molecule has 0 aliphatic rings. The van der Waals surface area contributed by atoms with Crippen LogP contribution in [0.15, 0.2) is 47.4 Å². The van der Waals surface area contributed by atoms with Crippen LogP contribution in [0.4, 0.5) is 0 Å². The first-order valence-corrected chi connectivity index (χ1v) is 10.5. The summed E-state index contributed by atoms with van der Waals surface area (Å²) in [5.41, 5.74) is 1.60. The SMILES string of the molecule is COc1ccccc1CNC(=O)C(C)On1nnc2ccc(S(=O)(=O)N(C)C)cc21. The molecule has 1 amide bonds. The van der Waals surface area contributed by atoms with Crippen LogP contribution in [0.3, 0.4) is 0 Å². The summed E-state index contributed by atoms with van der Waals surface area (Å²) in [6.45, 7) is 1.82. The Morgan fingerprint density at radius 3 is 2.67 bits per heavy atom. The summed E-state index contributed by atoms with van der Waals surface area (Å²) in [6, 6.07) is 11.7. The van der Waals surface area contributed by atoms with Crippen molar-refractivity contribution in [1.82, 2.24) is 24.8 Å². The van der Waals surface area contributed by atoms with Crippen molar-refractivity contribution in [3.63, 3.8) is 0 Å². The van der Waals surface area contributed by atoms with E-state index in [1.807, 2.05) is 24.3 Å². The van der Waals surface area contributed by atoms with Crippen LogP contribution in [-0.2, 0) is 21.4 Å². The summed E-state index contributed by atoms with van der Waals surface area (Å²) in [7, 11) is 0.815. The maximum Gasteiger partial charge on any atom is 0.263 e. The summed E-state index contributed by atoms with van der Waals surface area (Å²) in [6.07, 6.45) is -0.904. The first-order chi connectivity index (χ1) is 14.2. The van der Waals surface area contributed by atoms with E-state index in [1.165, 1.54) is 32.3 Å². The van der Waals surface area contributed by atoms with E-state index in [2.05, 4.69) is 15.6 Å². The van der Waals surface area contributed by atoms with Crippen molar-refractivity contribution in [2.24, 2.45) is 0 Å². The molecule has 1 unspecified atom stereocenters. The standard InChI is InChI=1S/C19H23N5O5S/c1-13(19(25)20-12-14-7-5-6-8-18(14)28-4)29-24-17-11-15(30(26,27)23(2)3)9-10-16(17)21-22-24/h5-11,13H,12H2,1-4H3,(H,20,25). The maximum atomic E-state index is 12.5. The van der Waals surface area contributed by atoms with Gasteiger partial charge < -0.3 is 14.9 Å². The van der Waals surface area contributed by atoms with E-state index in [-0.39, 0.29) is 17.3 Å². The molecule has 1 aromatic heterocycles. The second-order valence-corrected chi connectivity index (χ2v) is 8.83. The number of nitrogens with zero attached hydrogens (tertiary/aromatic N) is 4. The van der Waals surface area contributed by atoms with Crippen LogP contribution in [0, 0.1) is 0 Å².